The zero-order valence-electron chi connectivity index (χ0n) is 43.9. The SMILES string of the molecule is CCCCCCCCC1(C)c2cc(-c3ccc(/C=C(\B(c4ccccc4)c4ccccc4)c4ccccc4)nc3)ccc2-c2ccc(-c3ccc(/C=C(\B(c4ccccc4)c4ccccc4)c4ccccc4)nc3)cc21. The molecule has 2 aromatic heterocycles. The Kier molecular flexibility index (Phi) is 15.4. The molecule has 0 atom stereocenters. The number of hydrogen-bond acceptors (Lipinski definition) is 2. The zero-order chi connectivity index (χ0) is 51.5. The van der Waals surface area contributed by atoms with Crippen molar-refractivity contribution >= 4 is 58.4 Å². The van der Waals surface area contributed by atoms with Crippen molar-refractivity contribution in [2.45, 2.75) is 64.2 Å². The molecule has 76 heavy (non-hydrogen) atoms. The van der Waals surface area contributed by atoms with Crippen LogP contribution >= 0.6 is 0 Å². The van der Waals surface area contributed by atoms with Crippen LogP contribution in [0.3, 0.4) is 0 Å². The van der Waals surface area contributed by atoms with Crippen molar-refractivity contribution in [1.29, 1.82) is 0 Å². The van der Waals surface area contributed by atoms with Crippen LogP contribution < -0.4 is 21.9 Å². The molecule has 0 amide bonds. The van der Waals surface area contributed by atoms with E-state index in [1.807, 2.05) is 0 Å². The fourth-order valence-corrected chi connectivity index (χ4v) is 11.8. The largest absolute Gasteiger partial charge is 0.256 e. The third kappa shape index (κ3) is 10.9. The zero-order valence-corrected chi connectivity index (χ0v) is 43.9. The molecule has 0 fully saturated rings. The van der Waals surface area contributed by atoms with Gasteiger partial charge >= 0.3 is 0 Å². The van der Waals surface area contributed by atoms with Crippen molar-refractivity contribution in [3.63, 3.8) is 0 Å². The van der Waals surface area contributed by atoms with E-state index in [1.54, 1.807) is 0 Å². The minimum Gasteiger partial charge on any atom is -0.256 e. The smallest absolute Gasteiger partial charge is 0.242 e. The number of rotatable bonds is 19. The molecule has 2 heterocycles. The second-order valence-corrected chi connectivity index (χ2v) is 20.8. The van der Waals surface area contributed by atoms with Crippen molar-refractivity contribution in [1.82, 2.24) is 9.97 Å². The van der Waals surface area contributed by atoms with E-state index in [0.29, 0.717) is 0 Å². The molecule has 10 aromatic rings. The van der Waals surface area contributed by atoms with Crippen LogP contribution in [-0.4, -0.2) is 23.4 Å². The standard InChI is InChI=1S/C72H64B2N2/c1-3-4-5-6-7-26-47-72(2)68-48-56(58-39-43-64(75-52-58)50-70(54-27-14-8-15-28-54)73(60-31-18-10-19-32-60)61-33-20-11-21-34-61)41-45-66(68)67-46-42-57(49-69(67)72)59-40-44-65(76-53-59)51-71(55-29-16-9-17-30-55)74(62-35-22-12-23-36-62)63-37-24-13-25-38-63/h8-25,27-46,48-53H,3-7,26,47H2,1-2H3/b70-50-,71-51-. The van der Waals surface area contributed by atoms with E-state index in [9.17, 15) is 0 Å². The van der Waals surface area contributed by atoms with Gasteiger partial charge in [0.25, 0.3) is 0 Å². The summed E-state index contributed by atoms with van der Waals surface area (Å²) in [6.07, 6.45) is 17.4. The second kappa shape index (κ2) is 23.5. The molecular formula is C72H64B2N2. The first-order chi connectivity index (χ1) is 37.5. The number of unbranched alkanes of at least 4 members (excludes halogenated alkanes) is 5. The highest BCUT2D eigenvalue weighted by atomic mass is 14.7. The average molecular weight is 979 g/mol. The molecule has 0 saturated carbocycles. The predicted octanol–water partition coefficient (Wildman–Crippen LogP) is 15.6. The fourth-order valence-electron chi connectivity index (χ4n) is 11.8. The summed E-state index contributed by atoms with van der Waals surface area (Å²) in [5.41, 5.74) is 21.7. The summed E-state index contributed by atoms with van der Waals surface area (Å²) in [7, 11) is 0. The Morgan fingerprint density at radius 2 is 0.724 bits per heavy atom. The lowest BCUT2D eigenvalue weighted by molar-refractivity contribution is 0.481. The molecule has 0 radical (unpaired) electrons. The van der Waals surface area contributed by atoms with E-state index < -0.39 is 0 Å². The van der Waals surface area contributed by atoms with E-state index >= 15 is 0 Å². The first-order valence-corrected chi connectivity index (χ1v) is 27.5. The van der Waals surface area contributed by atoms with Crippen LogP contribution in [0, 0.1) is 0 Å². The summed E-state index contributed by atoms with van der Waals surface area (Å²) >= 11 is 0. The van der Waals surface area contributed by atoms with E-state index in [2.05, 4.69) is 281 Å². The first kappa shape index (κ1) is 49.9. The summed E-state index contributed by atoms with van der Waals surface area (Å²) in [6, 6.07) is 88.1. The highest BCUT2D eigenvalue weighted by molar-refractivity contribution is 7.01. The van der Waals surface area contributed by atoms with Gasteiger partial charge in [-0.1, -0.05) is 304 Å². The van der Waals surface area contributed by atoms with E-state index in [1.165, 1.54) is 116 Å². The molecular weight excluding hydrogens is 914 g/mol. The Morgan fingerprint density at radius 3 is 1.08 bits per heavy atom. The van der Waals surface area contributed by atoms with Gasteiger partial charge < -0.3 is 0 Å². The fraction of sp³-hybridized carbons (Fsp3) is 0.139. The second-order valence-electron chi connectivity index (χ2n) is 20.8. The molecule has 1 aliphatic rings. The molecule has 0 saturated heterocycles. The highest BCUT2D eigenvalue weighted by Crippen LogP contribution is 2.53. The van der Waals surface area contributed by atoms with Crippen molar-refractivity contribution in [3.05, 3.63) is 289 Å². The Hall–Kier alpha value is -8.33. The molecule has 1 aliphatic carbocycles. The Balaban J connectivity index is 0.918. The number of nitrogens with zero attached hydrogens (tertiary/aromatic N) is 2. The van der Waals surface area contributed by atoms with Crippen LogP contribution in [0.25, 0.3) is 56.5 Å². The number of hydrogen-bond donors (Lipinski definition) is 0. The third-order valence-corrected chi connectivity index (χ3v) is 15.8. The van der Waals surface area contributed by atoms with Crippen LogP contribution in [0.1, 0.15) is 92.4 Å². The lowest BCUT2D eigenvalue weighted by atomic mass is 9.35. The van der Waals surface area contributed by atoms with E-state index in [4.69, 9.17) is 9.97 Å². The van der Waals surface area contributed by atoms with Crippen LogP contribution in [0.15, 0.2) is 255 Å². The van der Waals surface area contributed by atoms with Gasteiger partial charge in [-0.25, -0.2) is 0 Å². The molecule has 4 heteroatoms. The van der Waals surface area contributed by atoms with Crippen molar-refractivity contribution in [3.8, 4) is 33.4 Å². The molecule has 11 rings (SSSR count). The number of fused-ring (bicyclic) bond motifs is 3. The average Bonchev–Trinajstić information content (AvgIpc) is 3.77. The summed E-state index contributed by atoms with van der Waals surface area (Å²) in [5, 5.41) is 0. The third-order valence-electron chi connectivity index (χ3n) is 15.8. The van der Waals surface area contributed by atoms with Gasteiger partial charge in [0.15, 0.2) is 0 Å². The van der Waals surface area contributed by atoms with Gasteiger partial charge in [0, 0.05) is 28.9 Å². The number of aromatic nitrogens is 2. The van der Waals surface area contributed by atoms with Crippen molar-refractivity contribution < 1.29 is 0 Å². The Morgan fingerprint density at radius 1 is 0.382 bits per heavy atom. The lowest BCUT2D eigenvalue weighted by Crippen LogP contribution is -2.43. The molecule has 0 unspecified atom stereocenters. The van der Waals surface area contributed by atoms with Crippen molar-refractivity contribution in [2.75, 3.05) is 0 Å². The maximum atomic E-state index is 5.18. The van der Waals surface area contributed by atoms with E-state index in [0.717, 1.165) is 28.9 Å². The molecule has 0 bridgehead atoms. The molecule has 2 nitrogen and oxygen atoms in total. The molecule has 0 N–H and O–H groups in total. The summed E-state index contributed by atoms with van der Waals surface area (Å²) in [5.74, 6) is 0. The van der Waals surface area contributed by atoms with Gasteiger partial charge in [0.1, 0.15) is 0 Å². The van der Waals surface area contributed by atoms with Gasteiger partial charge in [-0.2, -0.15) is 0 Å². The van der Waals surface area contributed by atoms with Gasteiger partial charge in [0.05, 0.1) is 11.4 Å². The molecule has 0 spiro atoms. The Labute approximate surface area is 452 Å². The summed E-state index contributed by atoms with van der Waals surface area (Å²) in [6.45, 7) is 4.88. The van der Waals surface area contributed by atoms with Gasteiger partial charge in [0.2, 0.25) is 13.4 Å². The van der Waals surface area contributed by atoms with Crippen LogP contribution in [0.2, 0.25) is 0 Å². The van der Waals surface area contributed by atoms with Crippen LogP contribution in [0.5, 0.6) is 0 Å². The maximum absolute atomic E-state index is 5.18. The number of benzene rings is 8. The normalized spacial score (nSPS) is 12.7. The van der Waals surface area contributed by atoms with Crippen LogP contribution in [0.4, 0.5) is 0 Å². The quantitative estimate of drug-likeness (QED) is 0.0596. The van der Waals surface area contributed by atoms with Gasteiger partial charge in [-0.15, -0.1) is 0 Å². The Bertz CT molecular complexity index is 3230. The van der Waals surface area contributed by atoms with Gasteiger partial charge in [-0.05, 0) is 87.3 Å². The molecule has 8 aromatic carbocycles. The summed E-state index contributed by atoms with van der Waals surface area (Å²) in [4.78, 5) is 10.4. The maximum Gasteiger partial charge on any atom is 0.242 e. The van der Waals surface area contributed by atoms with Crippen LogP contribution in [-0.2, 0) is 5.41 Å². The summed E-state index contributed by atoms with van der Waals surface area (Å²) < 4.78 is 0. The number of pyridine rings is 2. The topological polar surface area (TPSA) is 25.8 Å². The minimum absolute atomic E-state index is 0.0406. The van der Waals surface area contributed by atoms with Crippen molar-refractivity contribution in [2.24, 2.45) is 0 Å². The minimum atomic E-state index is -0.156. The monoisotopic (exact) mass is 979 g/mol. The molecule has 368 valence electrons. The predicted molar refractivity (Wildman–Crippen MR) is 327 cm³/mol. The van der Waals surface area contributed by atoms with E-state index in [-0.39, 0.29) is 18.8 Å². The molecule has 0 aliphatic heterocycles. The lowest BCUT2D eigenvalue weighted by Gasteiger charge is -2.28. The van der Waals surface area contributed by atoms with Gasteiger partial charge in [-0.3, -0.25) is 9.97 Å². The first-order valence-electron chi connectivity index (χ1n) is 27.5. The highest BCUT2D eigenvalue weighted by Gasteiger charge is 2.39.